The van der Waals surface area contributed by atoms with E-state index in [9.17, 15) is 4.79 Å². The summed E-state index contributed by atoms with van der Waals surface area (Å²) in [5.41, 5.74) is 4.17. The van der Waals surface area contributed by atoms with Gasteiger partial charge in [0.1, 0.15) is 29.6 Å². The number of fused-ring (bicyclic) bond motifs is 3. The molecule has 1 aromatic heterocycles. The first-order chi connectivity index (χ1) is 15.7. The molecule has 0 aliphatic carbocycles. The van der Waals surface area contributed by atoms with E-state index in [1.54, 1.807) is 7.11 Å². The van der Waals surface area contributed by atoms with Crippen molar-refractivity contribution < 1.29 is 13.9 Å². The molecule has 4 aromatic rings. The smallest absolute Gasteiger partial charge is 0.200 e. The summed E-state index contributed by atoms with van der Waals surface area (Å²) in [7, 11) is 1.69. The second-order valence-corrected chi connectivity index (χ2v) is 8.04. The molecule has 0 radical (unpaired) electrons. The third kappa shape index (κ3) is 3.65. The van der Waals surface area contributed by atoms with Crippen molar-refractivity contribution in [3.05, 3.63) is 93.8 Å². The second-order valence-electron chi connectivity index (χ2n) is 8.04. The number of benzene rings is 3. The molecule has 5 rings (SSSR count). The largest absolute Gasteiger partial charge is 0.496 e. The number of hydrogen-bond acceptors (Lipinski definition) is 5. The lowest BCUT2D eigenvalue weighted by Crippen LogP contribution is -2.34. The average Bonchev–Trinajstić information content (AvgIpc) is 2.83. The van der Waals surface area contributed by atoms with Crippen LogP contribution in [0.4, 0.5) is 0 Å². The summed E-state index contributed by atoms with van der Waals surface area (Å²) in [5.74, 6) is 2.29. The Kier molecular flexibility index (Phi) is 5.41. The number of para-hydroxylation sites is 1. The van der Waals surface area contributed by atoms with Gasteiger partial charge in [0.25, 0.3) is 0 Å². The van der Waals surface area contributed by atoms with E-state index in [0.29, 0.717) is 35.6 Å². The van der Waals surface area contributed by atoms with Crippen LogP contribution in [0.15, 0.2) is 75.9 Å². The van der Waals surface area contributed by atoms with Crippen molar-refractivity contribution >= 4 is 11.0 Å². The zero-order valence-corrected chi connectivity index (χ0v) is 18.3. The Morgan fingerprint density at radius 1 is 1.00 bits per heavy atom. The van der Waals surface area contributed by atoms with Gasteiger partial charge in [0.05, 0.1) is 23.6 Å². The van der Waals surface area contributed by atoms with E-state index in [1.807, 2.05) is 67.6 Å². The molecule has 0 unspecified atom stereocenters. The van der Waals surface area contributed by atoms with E-state index in [1.165, 1.54) is 0 Å². The summed E-state index contributed by atoms with van der Waals surface area (Å²) in [5, 5.41) is 0.586. The maximum atomic E-state index is 13.4. The van der Waals surface area contributed by atoms with Gasteiger partial charge in [0.15, 0.2) is 0 Å². The molecule has 32 heavy (non-hydrogen) atoms. The zero-order valence-electron chi connectivity index (χ0n) is 18.3. The first-order valence-electron chi connectivity index (χ1n) is 10.8. The molecule has 0 bridgehead atoms. The fraction of sp³-hybridized carbons (Fsp3) is 0.222. The summed E-state index contributed by atoms with van der Waals surface area (Å²) >= 11 is 0. The number of ether oxygens (including phenoxy) is 2. The fourth-order valence-corrected chi connectivity index (χ4v) is 4.39. The van der Waals surface area contributed by atoms with Crippen molar-refractivity contribution in [2.45, 2.75) is 19.9 Å². The molecule has 0 saturated heterocycles. The monoisotopic (exact) mass is 427 g/mol. The molecular weight excluding hydrogens is 402 g/mol. The lowest BCUT2D eigenvalue weighted by atomic mass is 10.0. The van der Waals surface area contributed by atoms with Crippen molar-refractivity contribution in [2.24, 2.45) is 0 Å². The average molecular weight is 428 g/mol. The van der Waals surface area contributed by atoms with Crippen LogP contribution in [0.3, 0.4) is 0 Å². The van der Waals surface area contributed by atoms with Gasteiger partial charge < -0.3 is 13.9 Å². The maximum Gasteiger partial charge on any atom is 0.200 e. The minimum atomic E-state index is -0.0103. The second kappa shape index (κ2) is 8.52. The summed E-state index contributed by atoms with van der Waals surface area (Å²) in [6.45, 7) is 3.82. The van der Waals surface area contributed by atoms with Crippen LogP contribution in [0, 0.1) is 6.92 Å². The Morgan fingerprint density at radius 3 is 2.59 bits per heavy atom. The van der Waals surface area contributed by atoms with E-state index < -0.39 is 0 Å². The summed E-state index contributed by atoms with van der Waals surface area (Å²) in [6.07, 6.45) is 0.842. The molecule has 2 heterocycles. The molecule has 0 saturated carbocycles. The molecule has 0 spiro atoms. The Labute approximate surface area is 186 Å². The highest BCUT2D eigenvalue weighted by molar-refractivity contribution is 5.86. The molecule has 3 aromatic carbocycles. The van der Waals surface area contributed by atoms with Crippen LogP contribution in [-0.4, -0.2) is 25.3 Å². The summed E-state index contributed by atoms with van der Waals surface area (Å²) in [6, 6.07) is 21.4. The minimum Gasteiger partial charge on any atom is -0.496 e. The standard InChI is InChI=1S/C27H25NO4/c1-18-25(20-9-4-3-5-10-20)26(29)21-12-13-24-22(27(21)32-18)16-28(17-31-24)15-14-19-8-6-7-11-23(19)30-2/h3-13H,14-17H2,1-2H3. The predicted octanol–water partition coefficient (Wildman–Crippen LogP) is 5.17. The number of hydrogen-bond donors (Lipinski definition) is 0. The molecular formula is C27H25NO4. The lowest BCUT2D eigenvalue weighted by molar-refractivity contribution is 0.0966. The number of aryl methyl sites for hydroxylation is 1. The van der Waals surface area contributed by atoms with Gasteiger partial charge in [-0.15, -0.1) is 0 Å². The Balaban J connectivity index is 1.47. The third-order valence-corrected chi connectivity index (χ3v) is 6.03. The zero-order chi connectivity index (χ0) is 22.1. The molecule has 0 atom stereocenters. The van der Waals surface area contributed by atoms with Crippen molar-refractivity contribution in [1.82, 2.24) is 4.90 Å². The van der Waals surface area contributed by atoms with E-state index >= 15 is 0 Å². The highest BCUT2D eigenvalue weighted by atomic mass is 16.5. The molecule has 162 valence electrons. The third-order valence-electron chi connectivity index (χ3n) is 6.03. The van der Waals surface area contributed by atoms with Gasteiger partial charge in [-0.25, -0.2) is 0 Å². The van der Waals surface area contributed by atoms with Crippen LogP contribution >= 0.6 is 0 Å². The Bertz CT molecular complexity index is 1330. The van der Waals surface area contributed by atoms with Gasteiger partial charge in [-0.1, -0.05) is 48.5 Å². The van der Waals surface area contributed by atoms with Crippen molar-refractivity contribution in [3.8, 4) is 22.6 Å². The number of rotatable bonds is 5. The SMILES string of the molecule is COc1ccccc1CCN1COc2ccc3c(=O)c(-c4ccccc4)c(C)oc3c2C1. The van der Waals surface area contributed by atoms with Crippen LogP contribution in [0.5, 0.6) is 11.5 Å². The fourth-order valence-electron chi connectivity index (χ4n) is 4.39. The molecule has 1 aliphatic heterocycles. The van der Waals surface area contributed by atoms with Crippen LogP contribution in [0.1, 0.15) is 16.9 Å². The van der Waals surface area contributed by atoms with Crippen LogP contribution in [0.25, 0.3) is 22.1 Å². The van der Waals surface area contributed by atoms with Gasteiger partial charge in [0.2, 0.25) is 5.43 Å². The molecule has 0 amide bonds. The van der Waals surface area contributed by atoms with Crippen molar-refractivity contribution in [2.75, 3.05) is 20.4 Å². The van der Waals surface area contributed by atoms with Crippen LogP contribution in [0.2, 0.25) is 0 Å². The van der Waals surface area contributed by atoms with Crippen LogP contribution < -0.4 is 14.9 Å². The van der Waals surface area contributed by atoms with Gasteiger partial charge in [-0.3, -0.25) is 9.69 Å². The highest BCUT2D eigenvalue weighted by Gasteiger charge is 2.24. The number of methoxy groups -OCH3 is 1. The van der Waals surface area contributed by atoms with Gasteiger partial charge in [-0.2, -0.15) is 0 Å². The van der Waals surface area contributed by atoms with Gasteiger partial charge in [0, 0.05) is 13.1 Å². The number of nitrogens with zero attached hydrogens (tertiary/aromatic N) is 1. The predicted molar refractivity (Wildman–Crippen MR) is 125 cm³/mol. The summed E-state index contributed by atoms with van der Waals surface area (Å²) in [4.78, 5) is 15.6. The normalized spacial score (nSPS) is 13.6. The Morgan fingerprint density at radius 2 is 1.78 bits per heavy atom. The molecule has 0 N–H and O–H groups in total. The highest BCUT2D eigenvalue weighted by Crippen LogP contribution is 2.34. The van der Waals surface area contributed by atoms with E-state index in [2.05, 4.69) is 11.0 Å². The summed E-state index contributed by atoms with van der Waals surface area (Å²) < 4.78 is 17.7. The maximum absolute atomic E-state index is 13.4. The minimum absolute atomic E-state index is 0.0103. The molecule has 0 fully saturated rings. The van der Waals surface area contributed by atoms with E-state index in [0.717, 1.165) is 41.2 Å². The van der Waals surface area contributed by atoms with Crippen LogP contribution in [-0.2, 0) is 13.0 Å². The lowest BCUT2D eigenvalue weighted by Gasteiger charge is -2.29. The Hall–Kier alpha value is -3.57. The molecule has 5 nitrogen and oxygen atoms in total. The van der Waals surface area contributed by atoms with Crippen molar-refractivity contribution in [1.29, 1.82) is 0 Å². The molecule has 1 aliphatic rings. The molecule has 5 heteroatoms. The first-order valence-corrected chi connectivity index (χ1v) is 10.8. The van der Waals surface area contributed by atoms with Gasteiger partial charge in [-0.05, 0) is 42.7 Å². The topological polar surface area (TPSA) is 51.9 Å². The van der Waals surface area contributed by atoms with E-state index in [-0.39, 0.29) is 5.43 Å². The van der Waals surface area contributed by atoms with Crippen molar-refractivity contribution in [3.63, 3.8) is 0 Å². The first kappa shape index (κ1) is 20.3. The van der Waals surface area contributed by atoms with Gasteiger partial charge >= 0.3 is 0 Å². The quantitative estimate of drug-likeness (QED) is 0.440. The van der Waals surface area contributed by atoms with E-state index in [4.69, 9.17) is 13.9 Å².